The van der Waals surface area contributed by atoms with Gasteiger partial charge in [0.05, 0.1) is 12.2 Å². The lowest BCUT2D eigenvalue weighted by molar-refractivity contribution is 0.0739. The van der Waals surface area contributed by atoms with Gasteiger partial charge in [0, 0.05) is 38.4 Å². The van der Waals surface area contributed by atoms with Crippen molar-refractivity contribution in [1.29, 1.82) is 0 Å². The SMILES string of the molecule is CCNC(=NCc1ccnn1C)NCC(C)(C)N1CCCC(C)C1.I. The molecule has 2 heterocycles. The molecule has 1 unspecified atom stereocenters. The zero-order chi connectivity index (χ0) is 17.6. The maximum atomic E-state index is 4.69. The smallest absolute Gasteiger partial charge is 0.191 e. The first-order chi connectivity index (χ1) is 11.4. The number of nitrogens with zero attached hydrogens (tertiary/aromatic N) is 4. The fraction of sp³-hybridized carbons (Fsp3) is 0.778. The van der Waals surface area contributed by atoms with Crippen molar-refractivity contribution < 1.29 is 0 Å². The minimum absolute atomic E-state index is 0. The highest BCUT2D eigenvalue weighted by atomic mass is 127. The van der Waals surface area contributed by atoms with Crippen LogP contribution < -0.4 is 10.6 Å². The number of halogens is 1. The Labute approximate surface area is 169 Å². The van der Waals surface area contributed by atoms with Crippen molar-refractivity contribution in [2.24, 2.45) is 18.0 Å². The molecule has 0 bridgehead atoms. The molecular formula is C18H35IN6. The first-order valence-electron chi connectivity index (χ1n) is 9.16. The molecule has 0 aliphatic carbocycles. The molecule has 0 spiro atoms. The third kappa shape index (κ3) is 6.77. The van der Waals surface area contributed by atoms with Crippen LogP contribution in [-0.4, -0.2) is 52.4 Å². The summed E-state index contributed by atoms with van der Waals surface area (Å²) in [6.45, 7) is 13.9. The maximum Gasteiger partial charge on any atom is 0.191 e. The van der Waals surface area contributed by atoms with Gasteiger partial charge in [0.2, 0.25) is 0 Å². The lowest BCUT2D eigenvalue weighted by Gasteiger charge is -2.43. The summed E-state index contributed by atoms with van der Waals surface area (Å²) in [4.78, 5) is 7.30. The van der Waals surface area contributed by atoms with Crippen LogP contribution in [0.4, 0.5) is 0 Å². The van der Waals surface area contributed by atoms with Gasteiger partial charge in [-0.05, 0) is 52.1 Å². The minimum Gasteiger partial charge on any atom is -0.357 e. The van der Waals surface area contributed by atoms with Crippen LogP contribution in [0.2, 0.25) is 0 Å². The monoisotopic (exact) mass is 462 g/mol. The van der Waals surface area contributed by atoms with Crippen molar-refractivity contribution in [3.05, 3.63) is 18.0 Å². The highest BCUT2D eigenvalue weighted by Gasteiger charge is 2.30. The predicted molar refractivity (Wildman–Crippen MR) is 115 cm³/mol. The summed E-state index contributed by atoms with van der Waals surface area (Å²) in [5, 5.41) is 11.1. The van der Waals surface area contributed by atoms with Crippen LogP contribution in [0.5, 0.6) is 0 Å². The van der Waals surface area contributed by atoms with Crippen LogP contribution >= 0.6 is 24.0 Å². The van der Waals surface area contributed by atoms with Gasteiger partial charge in [-0.2, -0.15) is 5.10 Å². The van der Waals surface area contributed by atoms with Gasteiger partial charge in [0.1, 0.15) is 0 Å². The molecule has 1 fully saturated rings. The molecule has 25 heavy (non-hydrogen) atoms. The topological polar surface area (TPSA) is 57.5 Å². The second-order valence-corrected chi connectivity index (χ2v) is 7.50. The summed E-state index contributed by atoms with van der Waals surface area (Å²) in [6, 6.07) is 2.01. The van der Waals surface area contributed by atoms with E-state index in [1.807, 2.05) is 24.0 Å². The summed E-state index contributed by atoms with van der Waals surface area (Å²) < 4.78 is 1.87. The van der Waals surface area contributed by atoms with Crippen molar-refractivity contribution in [2.45, 2.75) is 52.6 Å². The van der Waals surface area contributed by atoms with Gasteiger partial charge in [-0.25, -0.2) is 4.99 Å². The first kappa shape index (κ1) is 22.2. The summed E-state index contributed by atoms with van der Waals surface area (Å²) in [6.07, 6.45) is 4.47. The zero-order valence-electron chi connectivity index (χ0n) is 16.4. The van der Waals surface area contributed by atoms with E-state index in [1.165, 1.54) is 25.9 Å². The second-order valence-electron chi connectivity index (χ2n) is 7.50. The predicted octanol–water partition coefficient (Wildman–Crippen LogP) is 2.60. The number of piperidine rings is 1. The minimum atomic E-state index is 0. The van der Waals surface area contributed by atoms with E-state index in [-0.39, 0.29) is 29.5 Å². The van der Waals surface area contributed by atoms with E-state index >= 15 is 0 Å². The Bertz CT molecular complexity index is 539. The Hall–Kier alpha value is -0.830. The highest BCUT2D eigenvalue weighted by Crippen LogP contribution is 2.23. The molecule has 6 nitrogen and oxygen atoms in total. The molecule has 1 aromatic heterocycles. The molecule has 0 saturated carbocycles. The van der Waals surface area contributed by atoms with Crippen LogP contribution in [0.3, 0.4) is 0 Å². The van der Waals surface area contributed by atoms with E-state index in [4.69, 9.17) is 4.99 Å². The molecule has 1 aliphatic rings. The van der Waals surface area contributed by atoms with Crippen LogP contribution in [0.25, 0.3) is 0 Å². The quantitative estimate of drug-likeness (QED) is 0.388. The molecular weight excluding hydrogens is 427 g/mol. The number of aromatic nitrogens is 2. The van der Waals surface area contributed by atoms with Crippen LogP contribution in [0.15, 0.2) is 17.3 Å². The van der Waals surface area contributed by atoms with Gasteiger partial charge in [0.15, 0.2) is 5.96 Å². The first-order valence-corrected chi connectivity index (χ1v) is 9.16. The Balaban J connectivity index is 0.00000312. The lowest BCUT2D eigenvalue weighted by Crippen LogP contribution is -2.56. The fourth-order valence-corrected chi connectivity index (χ4v) is 3.21. The van der Waals surface area contributed by atoms with Gasteiger partial charge in [-0.15, -0.1) is 24.0 Å². The normalized spacial score (nSPS) is 19.4. The molecule has 1 aromatic rings. The molecule has 1 atom stereocenters. The standard InChI is InChI=1S/C18H34N6.HI/c1-6-19-17(20-12-16-9-10-22-23(16)5)21-14-18(3,4)24-11-7-8-15(2)13-24;/h9-10,15H,6-8,11-14H2,1-5H3,(H2,19,20,21);1H. The van der Waals surface area contributed by atoms with Gasteiger partial charge >= 0.3 is 0 Å². The summed E-state index contributed by atoms with van der Waals surface area (Å²) >= 11 is 0. The molecule has 0 radical (unpaired) electrons. The van der Waals surface area contributed by atoms with Gasteiger partial charge in [0.25, 0.3) is 0 Å². The number of guanidine groups is 1. The number of hydrogen-bond acceptors (Lipinski definition) is 3. The van der Waals surface area contributed by atoms with Crippen LogP contribution in [0, 0.1) is 5.92 Å². The largest absolute Gasteiger partial charge is 0.357 e. The van der Waals surface area contributed by atoms with Crippen molar-refractivity contribution in [2.75, 3.05) is 26.2 Å². The third-order valence-corrected chi connectivity index (χ3v) is 4.87. The summed E-state index contributed by atoms with van der Waals surface area (Å²) in [5.41, 5.74) is 1.23. The molecule has 144 valence electrons. The number of rotatable bonds is 6. The second kappa shape index (κ2) is 10.4. The Morgan fingerprint density at radius 2 is 2.16 bits per heavy atom. The third-order valence-electron chi connectivity index (χ3n) is 4.87. The molecule has 2 N–H and O–H groups in total. The Morgan fingerprint density at radius 1 is 1.40 bits per heavy atom. The zero-order valence-corrected chi connectivity index (χ0v) is 18.7. The fourth-order valence-electron chi connectivity index (χ4n) is 3.21. The van der Waals surface area contributed by atoms with E-state index in [2.05, 4.69) is 48.3 Å². The van der Waals surface area contributed by atoms with E-state index in [0.29, 0.717) is 6.54 Å². The van der Waals surface area contributed by atoms with Gasteiger partial charge in [-0.1, -0.05) is 6.92 Å². The molecule has 7 heteroatoms. The molecule has 0 amide bonds. The van der Waals surface area contributed by atoms with Crippen molar-refractivity contribution in [3.63, 3.8) is 0 Å². The highest BCUT2D eigenvalue weighted by molar-refractivity contribution is 14.0. The summed E-state index contributed by atoms with van der Waals surface area (Å²) in [7, 11) is 1.95. The maximum absolute atomic E-state index is 4.69. The molecule has 0 aromatic carbocycles. The number of hydrogen-bond donors (Lipinski definition) is 2. The van der Waals surface area contributed by atoms with Crippen molar-refractivity contribution >= 4 is 29.9 Å². The van der Waals surface area contributed by atoms with E-state index in [0.717, 1.165) is 30.7 Å². The number of likely N-dealkylation sites (tertiary alicyclic amines) is 1. The van der Waals surface area contributed by atoms with Gasteiger partial charge < -0.3 is 10.6 Å². The van der Waals surface area contributed by atoms with Crippen molar-refractivity contribution in [3.8, 4) is 0 Å². The van der Waals surface area contributed by atoms with E-state index < -0.39 is 0 Å². The molecule has 2 rings (SSSR count). The van der Waals surface area contributed by atoms with Crippen LogP contribution in [0.1, 0.15) is 46.2 Å². The van der Waals surface area contributed by atoms with Gasteiger partial charge in [-0.3, -0.25) is 9.58 Å². The molecule has 1 aliphatic heterocycles. The van der Waals surface area contributed by atoms with E-state index in [9.17, 15) is 0 Å². The number of aliphatic imine (C=N–C) groups is 1. The number of aryl methyl sites for hydroxylation is 1. The Morgan fingerprint density at radius 3 is 2.76 bits per heavy atom. The lowest BCUT2D eigenvalue weighted by atomic mass is 9.93. The number of nitrogens with one attached hydrogen (secondary N) is 2. The average Bonchev–Trinajstić information content (AvgIpc) is 2.95. The van der Waals surface area contributed by atoms with Crippen molar-refractivity contribution in [1.82, 2.24) is 25.3 Å². The van der Waals surface area contributed by atoms with Crippen LogP contribution in [-0.2, 0) is 13.6 Å². The molecule has 1 saturated heterocycles. The van der Waals surface area contributed by atoms with E-state index in [1.54, 1.807) is 0 Å². The average molecular weight is 462 g/mol. The summed E-state index contributed by atoms with van der Waals surface area (Å²) in [5.74, 6) is 1.67. The Kier molecular flexibility index (Phi) is 9.20.